The molecule has 1 aliphatic carbocycles. The topological polar surface area (TPSA) is 91.8 Å². The number of nitrogens with zero attached hydrogens (tertiary/aromatic N) is 3. The number of fused-ring (bicyclic) bond motifs is 1. The van der Waals surface area contributed by atoms with Crippen LogP contribution in [-0.2, 0) is 16.6 Å². The normalized spacial score (nSPS) is 17.1. The lowest BCUT2D eigenvalue weighted by Crippen LogP contribution is -2.48. The first-order chi connectivity index (χ1) is 16.4. The van der Waals surface area contributed by atoms with E-state index in [-0.39, 0.29) is 22.6 Å². The number of rotatable bonds is 7. The number of nitrogens with one attached hydrogen (secondary N) is 1. The predicted octanol–water partition coefficient (Wildman–Crippen LogP) is 2.64. The zero-order valence-electron chi connectivity index (χ0n) is 19.1. The molecular weight excluding hydrogens is 452 g/mol. The highest BCUT2D eigenvalue weighted by molar-refractivity contribution is 7.89. The highest BCUT2D eigenvalue weighted by atomic mass is 32.2. The Morgan fingerprint density at radius 2 is 1.85 bits per heavy atom. The summed E-state index contributed by atoms with van der Waals surface area (Å²) in [5.74, 6) is 0.0650. The first kappa shape index (κ1) is 22.8. The van der Waals surface area contributed by atoms with Gasteiger partial charge in [0.2, 0.25) is 10.0 Å². The molecule has 1 N–H and O–H groups in total. The van der Waals surface area contributed by atoms with Gasteiger partial charge in [-0.05, 0) is 42.7 Å². The van der Waals surface area contributed by atoms with Crippen LogP contribution in [0.15, 0.2) is 59.6 Å². The van der Waals surface area contributed by atoms with Gasteiger partial charge in [0, 0.05) is 55.9 Å². The Bertz CT molecular complexity index is 1310. The van der Waals surface area contributed by atoms with Crippen molar-refractivity contribution in [2.75, 3.05) is 33.3 Å². The molecule has 1 aromatic heterocycles. The average molecular weight is 481 g/mol. The van der Waals surface area contributed by atoms with Crippen molar-refractivity contribution >= 4 is 26.8 Å². The second-order valence-corrected chi connectivity index (χ2v) is 10.5. The molecule has 0 spiro atoms. The van der Waals surface area contributed by atoms with E-state index >= 15 is 0 Å². The Morgan fingerprint density at radius 3 is 2.59 bits per heavy atom. The number of methoxy groups -OCH3 is 1. The fourth-order valence-electron chi connectivity index (χ4n) is 4.33. The zero-order chi connectivity index (χ0) is 23.7. The maximum atomic E-state index is 13.2. The van der Waals surface area contributed by atoms with Crippen LogP contribution in [-0.4, -0.2) is 68.4 Å². The van der Waals surface area contributed by atoms with Crippen molar-refractivity contribution < 1.29 is 17.9 Å². The van der Waals surface area contributed by atoms with E-state index in [0.717, 1.165) is 43.4 Å². The van der Waals surface area contributed by atoms with Crippen LogP contribution in [0.3, 0.4) is 0 Å². The number of ether oxygens (including phenoxy) is 1. The van der Waals surface area contributed by atoms with Crippen molar-refractivity contribution in [3.05, 3.63) is 65.9 Å². The lowest BCUT2D eigenvalue weighted by Gasteiger charge is -2.35. The molecular formula is C25H28N4O4S. The molecule has 5 rings (SSSR count). The molecule has 34 heavy (non-hydrogen) atoms. The van der Waals surface area contributed by atoms with Crippen LogP contribution in [0.25, 0.3) is 10.9 Å². The van der Waals surface area contributed by atoms with Gasteiger partial charge in [0.05, 0.1) is 12.6 Å². The van der Waals surface area contributed by atoms with Gasteiger partial charge in [-0.15, -0.1) is 0 Å². The number of hydrogen-bond donors (Lipinski definition) is 1. The molecule has 1 aliphatic heterocycles. The summed E-state index contributed by atoms with van der Waals surface area (Å²) in [7, 11) is -2.32. The largest absolute Gasteiger partial charge is 0.495 e. The van der Waals surface area contributed by atoms with Crippen LogP contribution in [0.1, 0.15) is 28.8 Å². The number of aromatic nitrogens is 1. The number of pyridine rings is 1. The Labute approximate surface area is 199 Å². The van der Waals surface area contributed by atoms with Crippen LogP contribution in [0.4, 0.5) is 0 Å². The van der Waals surface area contributed by atoms with E-state index in [2.05, 4.69) is 32.8 Å². The lowest BCUT2D eigenvalue weighted by atomic mass is 10.1. The third-order valence-corrected chi connectivity index (χ3v) is 7.91. The molecule has 178 valence electrons. The number of piperazine rings is 1. The Kier molecular flexibility index (Phi) is 6.24. The number of hydrogen-bond acceptors (Lipinski definition) is 6. The number of carbonyl (C=O) groups excluding carboxylic acids is 1. The fourth-order valence-corrected chi connectivity index (χ4v) is 5.83. The summed E-state index contributed by atoms with van der Waals surface area (Å²) in [5.41, 5.74) is 2.53. The standard InChI is InChI=1S/C25H28N4O4S/c1-33-22-10-7-19(16-23(22)34(31,32)27-21-8-9-21)25(30)29-14-12-28(13-15-29)17-20-5-2-4-18-6-3-11-26-24(18)20/h2-7,10-11,16,21,27H,8-9,12-15,17H2,1H3. The monoisotopic (exact) mass is 480 g/mol. The van der Waals surface area contributed by atoms with E-state index in [0.29, 0.717) is 18.7 Å². The number of carbonyl (C=O) groups is 1. The molecule has 0 radical (unpaired) electrons. The van der Waals surface area contributed by atoms with Gasteiger partial charge in [-0.3, -0.25) is 14.7 Å². The minimum Gasteiger partial charge on any atom is -0.495 e. The third kappa shape index (κ3) is 4.77. The molecule has 2 fully saturated rings. The Balaban J connectivity index is 1.27. The molecule has 9 heteroatoms. The maximum absolute atomic E-state index is 13.2. The number of sulfonamides is 1. The van der Waals surface area contributed by atoms with Crippen LogP contribution < -0.4 is 9.46 Å². The van der Waals surface area contributed by atoms with Gasteiger partial charge < -0.3 is 9.64 Å². The Morgan fingerprint density at radius 1 is 1.09 bits per heavy atom. The van der Waals surface area contributed by atoms with Crippen LogP contribution in [0.5, 0.6) is 5.75 Å². The van der Waals surface area contributed by atoms with Gasteiger partial charge in [0.15, 0.2) is 0 Å². The maximum Gasteiger partial charge on any atom is 0.253 e. The first-order valence-corrected chi connectivity index (χ1v) is 13.0. The minimum absolute atomic E-state index is 0.00911. The summed E-state index contributed by atoms with van der Waals surface area (Å²) < 4.78 is 33.5. The van der Waals surface area contributed by atoms with Crippen molar-refractivity contribution in [3.8, 4) is 5.75 Å². The van der Waals surface area contributed by atoms with Gasteiger partial charge >= 0.3 is 0 Å². The minimum atomic E-state index is -3.75. The van der Waals surface area contributed by atoms with Crippen LogP contribution in [0, 0.1) is 0 Å². The first-order valence-electron chi connectivity index (χ1n) is 11.5. The number of amides is 1. The summed E-state index contributed by atoms with van der Waals surface area (Å²) in [5, 5.41) is 1.12. The van der Waals surface area contributed by atoms with Crippen molar-refractivity contribution in [2.24, 2.45) is 0 Å². The predicted molar refractivity (Wildman–Crippen MR) is 129 cm³/mol. The fraction of sp³-hybridized carbons (Fsp3) is 0.360. The molecule has 2 aromatic carbocycles. The molecule has 3 aromatic rings. The van der Waals surface area contributed by atoms with Crippen molar-refractivity contribution in [1.29, 1.82) is 0 Å². The van der Waals surface area contributed by atoms with Crippen LogP contribution >= 0.6 is 0 Å². The smallest absolute Gasteiger partial charge is 0.253 e. The second kappa shape index (κ2) is 9.32. The summed E-state index contributed by atoms with van der Waals surface area (Å²) in [6.07, 6.45) is 3.48. The van der Waals surface area contributed by atoms with E-state index in [1.165, 1.54) is 18.7 Å². The van der Waals surface area contributed by atoms with E-state index in [1.54, 1.807) is 17.0 Å². The third-order valence-electron chi connectivity index (χ3n) is 6.37. The summed E-state index contributed by atoms with van der Waals surface area (Å²) in [6.45, 7) is 3.39. The molecule has 2 heterocycles. The van der Waals surface area contributed by atoms with Gasteiger partial charge in [-0.25, -0.2) is 13.1 Å². The van der Waals surface area contributed by atoms with E-state index in [1.807, 2.05) is 18.3 Å². The van der Waals surface area contributed by atoms with E-state index < -0.39 is 10.0 Å². The average Bonchev–Trinajstić information content (AvgIpc) is 3.67. The SMILES string of the molecule is COc1ccc(C(=O)N2CCN(Cc3cccc4cccnc34)CC2)cc1S(=O)(=O)NC1CC1. The van der Waals surface area contributed by atoms with E-state index in [4.69, 9.17) is 4.74 Å². The van der Waals surface area contributed by atoms with Crippen molar-refractivity contribution in [1.82, 2.24) is 19.5 Å². The highest BCUT2D eigenvalue weighted by Crippen LogP contribution is 2.29. The molecule has 1 saturated carbocycles. The Hall–Kier alpha value is -3.01. The second-order valence-electron chi connectivity index (χ2n) is 8.82. The van der Waals surface area contributed by atoms with Crippen molar-refractivity contribution in [2.45, 2.75) is 30.3 Å². The molecule has 1 amide bonds. The van der Waals surface area contributed by atoms with Crippen LogP contribution in [0.2, 0.25) is 0 Å². The zero-order valence-corrected chi connectivity index (χ0v) is 19.9. The molecule has 1 saturated heterocycles. The van der Waals surface area contributed by atoms with E-state index in [9.17, 15) is 13.2 Å². The number of benzene rings is 2. The molecule has 2 aliphatic rings. The summed E-state index contributed by atoms with van der Waals surface area (Å²) >= 11 is 0. The molecule has 0 bridgehead atoms. The van der Waals surface area contributed by atoms with Gasteiger partial charge in [0.1, 0.15) is 10.6 Å². The summed E-state index contributed by atoms with van der Waals surface area (Å²) in [6, 6.07) is 14.8. The van der Waals surface area contributed by atoms with Gasteiger partial charge in [-0.1, -0.05) is 24.3 Å². The van der Waals surface area contributed by atoms with Gasteiger partial charge in [-0.2, -0.15) is 0 Å². The summed E-state index contributed by atoms with van der Waals surface area (Å²) in [4.78, 5) is 21.8. The highest BCUT2D eigenvalue weighted by Gasteiger charge is 2.31. The molecule has 0 unspecified atom stereocenters. The quantitative estimate of drug-likeness (QED) is 0.559. The lowest BCUT2D eigenvalue weighted by molar-refractivity contribution is 0.0628. The number of para-hydroxylation sites is 1. The molecule has 8 nitrogen and oxygen atoms in total. The molecule has 0 atom stereocenters. The van der Waals surface area contributed by atoms with Crippen molar-refractivity contribution in [3.63, 3.8) is 0 Å². The van der Waals surface area contributed by atoms with Gasteiger partial charge in [0.25, 0.3) is 5.91 Å².